The van der Waals surface area contributed by atoms with E-state index in [4.69, 9.17) is 19.3 Å². The van der Waals surface area contributed by atoms with Crippen molar-refractivity contribution in [3.05, 3.63) is 60.8 Å². The lowest BCUT2D eigenvalue weighted by Crippen LogP contribution is -2.43. The summed E-state index contributed by atoms with van der Waals surface area (Å²) in [6.07, 6.45) is 2.20. The van der Waals surface area contributed by atoms with Crippen LogP contribution in [-0.2, 0) is 19.0 Å². The van der Waals surface area contributed by atoms with Gasteiger partial charge in [-0.1, -0.05) is 12.7 Å². The number of hydrogen-bond donors (Lipinski definition) is 3. The summed E-state index contributed by atoms with van der Waals surface area (Å²) in [6, 6.07) is 7.61. The molecule has 184 valence electrons. The Morgan fingerprint density at radius 3 is 2.74 bits per heavy atom. The molecule has 11 heteroatoms. The molecule has 1 fully saturated rings. The maximum atomic E-state index is 13.5. The van der Waals surface area contributed by atoms with Crippen molar-refractivity contribution in [2.45, 2.75) is 13.2 Å². The van der Waals surface area contributed by atoms with Crippen molar-refractivity contribution in [1.82, 2.24) is 19.9 Å². The number of aromatic amines is 1. The zero-order valence-corrected chi connectivity index (χ0v) is 19.2. The number of halogens is 1. The first-order valence-electron chi connectivity index (χ1n) is 11.0. The molecule has 0 atom stereocenters. The van der Waals surface area contributed by atoms with Crippen LogP contribution in [0.1, 0.15) is 19.0 Å². The monoisotopic (exact) mass is 483 g/mol. The fourth-order valence-corrected chi connectivity index (χ4v) is 3.45. The molecule has 0 amide bonds. The van der Waals surface area contributed by atoms with Gasteiger partial charge in [-0.05, 0) is 37.3 Å². The van der Waals surface area contributed by atoms with Gasteiger partial charge in [-0.15, -0.1) is 0 Å². The number of carbonyl (C=O) groups is 1. The van der Waals surface area contributed by atoms with Crippen LogP contribution in [0.4, 0.5) is 10.3 Å². The topological polar surface area (TPSA) is 131 Å². The SMILES string of the molecule is C=CCOC(=O)C1(C)COC(c2nc(-c3ccc(F)cc3)c(-c3ccnc(NCCO)n3)[nH]2)OC1. The van der Waals surface area contributed by atoms with Gasteiger partial charge in [-0.25, -0.2) is 19.3 Å². The average molecular weight is 484 g/mol. The van der Waals surface area contributed by atoms with Crippen LogP contribution in [0.15, 0.2) is 49.2 Å². The van der Waals surface area contributed by atoms with Crippen LogP contribution in [0, 0.1) is 11.2 Å². The van der Waals surface area contributed by atoms with E-state index in [0.717, 1.165) is 0 Å². The molecule has 10 nitrogen and oxygen atoms in total. The lowest BCUT2D eigenvalue weighted by molar-refractivity contribution is -0.238. The van der Waals surface area contributed by atoms with E-state index in [1.54, 1.807) is 31.3 Å². The number of anilines is 1. The molecule has 0 spiro atoms. The minimum Gasteiger partial charge on any atom is -0.461 e. The van der Waals surface area contributed by atoms with Crippen molar-refractivity contribution < 1.29 is 28.5 Å². The van der Waals surface area contributed by atoms with Crippen molar-refractivity contribution in [2.75, 3.05) is 38.3 Å². The standard InChI is InChI=1S/C24H26FN5O5/c1-3-12-33-22(32)24(2)13-34-21(35-14-24)20-29-18(15-4-6-16(25)7-5-15)19(30-20)17-8-9-26-23(28-17)27-10-11-31/h3-9,21,31H,1,10-14H2,2H3,(H,29,30)(H,26,27,28). The normalized spacial score (nSPS) is 19.8. The van der Waals surface area contributed by atoms with Gasteiger partial charge in [0.25, 0.3) is 0 Å². The lowest BCUT2D eigenvalue weighted by atomic mass is 9.92. The van der Waals surface area contributed by atoms with Crippen LogP contribution in [0.2, 0.25) is 0 Å². The number of carbonyl (C=O) groups excluding carboxylic acids is 1. The van der Waals surface area contributed by atoms with Crippen LogP contribution in [0.5, 0.6) is 0 Å². The van der Waals surface area contributed by atoms with Crippen LogP contribution < -0.4 is 5.32 Å². The Hall–Kier alpha value is -3.67. The van der Waals surface area contributed by atoms with Crippen molar-refractivity contribution in [3.8, 4) is 22.6 Å². The molecule has 0 unspecified atom stereocenters. The molecular weight excluding hydrogens is 457 g/mol. The molecule has 3 N–H and O–H groups in total. The summed E-state index contributed by atoms with van der Waals surface area (Å²) in [5.41, 5.74) is 1.27. The van der Waals surface area contributed by atoms with Crippen LogP contribution in [-0.4, -0.2) is 64.0 Å². The molecule has 0 radical (unpaired) electrons. The number of hydrogen-bond acceptors (Lipinski definition) is 9. The summed E-state index contributed by atoms with van der Waals surface area (Å²) in [6.45, 7) is 5.71. The number of H-pyrrole nitrogens is 1. The number of benzene rings is 1. The molecular formula is C24H26FN5O5. The van der Waals surface area contributed by atoms with E-state index in [9.17, 15) is 9.18 Å². The Bertz CT molecular complexity index is 1180. The Labute approximate surface area is 201 Å². The molecule has 3 heterocycles. The van der Waals surface area contributed by atoms with E-state index in [1.807, 2.05) is 0 Å². The summed E-state index contributed by atoms with van der Waals surface area (Å²) in [5, 5.41) is 12.0. The Balaban J connectivity index is 1.63. The van der Waals surface area contributed by atoms with Gasteiger partial charge in [-0.2, -0.15) is 0 Å². The zero-order valence-electron chi connectivity index (χ0n) is 19.2. The summed E-state index contributed by atoms with van der Waals surface area (Å²) in [4.78, 5) is 28.9. The highest BCUT2D eigenvalue weighted by Crippen LogP contribution is 2.36. The first-order chi connectivity index (χ1) is 16.9. The van der Waals surface area contributed by atoms with Gasteiger partial charge in [-0.3, -0.25) is 4.79 Å². The molecule has 1 saturated heterocycles. The Morgan fingerprint density at radius 1 is 1.31 bits per heavy atom. The fourth-order valence-electron chi connectivity index (χ4n) is 3.45. The predicted octanol–water partition coefficient (Wildman–Crippen LogP) is 2.86. The van der Waals surface area contributed by atoms with Crippen LogP contribution in [0.25, 0.3) is 22.6 Å². The highest BCUT2D eigenvalue weighted by atomic mass is 19.1. The smallest absolute Gasteiger partial charge is 0.316 e. The second-order valence-corrected chi connectivity index (χ2v) is 8.17. The lowest BCUT2D eigenvalue weighted by Gasteiger charge is -2.34. The number of aliphatic hydroxyl groups is 1. The van der Waals surface area contributed by atoms with Gasteiger partial charge in [0.05, 0.1) is 36.9 Å². The minimum atomic E-state index is -0.964. The van der Waals surface area contributed by atoms with E-state index >= 15 is 0 Å². The number of ether oxygens (including phenoxy) is 3. The molecule has 1 aromatic carbocycles. The third-order valence-electron chi connectivity index (χ3n) is 5.30. The van der Waals surface area contributed by atoms with Crippen molar-refractivity contribution in [1.29, 1.82) is 0 Å². The quantitative estimate of drug-likeness (QED) is 0.310. The number of imidazole rings is 1. The minimum absolute atomic E-state index is 0.0678. The third kappa shape index (κ3) is 5.53. The number of rotatable bonds is 9. The highest BCUT2D eigenvalue weighted by Gasteiger charge is 2.42. The molecule has 1 aliphatic rings. The Kier molecular flexibility index (Phi) is 7.49. The largest absolute Gasteiger partial charge is 0.461 e. The predicted molar refractivity (Wildman–Crippen MR) is 124 cm³/mol. The molecule has 2 aromatic heterocycles. The van der Waals surface area contributed by atoms with Gasteiger partial charge in [0.2, 0.25) is 12.2 Å². The first-order valence-corrected chi connectivity index (χ1v) is 11.0. The number of nitrogens with one attached hydrogen (secondary N) is 2. The van der Waals surface area contributed by atoms with E-state index < -0.39 is 17.7 Å². The molecule has 0 aliphatic carbocycles. The maximum Gasteiger partial charge on any atom is 0.316 e. The van der Waals surface area contributed by atoms with E-state index in [0.29, 0.717) is 41.0 Å². The number of aromatic nitrogens is 4. The molecule has 35 heavy (non-hydrogen) atoms. The van der Waals surface area contributed by atoms with E-state index in [1.165, 1.54) is 18.2 Å². The van der Waals surface area contributed by atoms with Gasteiger partial charge in [0.1, 0.15) is 17.8 Å². The van der Waals surface area contributed by atoms with Gasteiger partial charge in [0.15, 0.2) is 5.82 Å². The van der Waals surface area contributed by atoms with Gasteiger partial charge >= 0.3 is 5.97 Å². The molecule has 1 aliphatic heterocycles. The summed E-state index contributed by atoms with van der Waals surface area (Å²) >= 11 is 0. The van der Waals surface area contributed by atoms with Gasteiger partial charge in [0, 0.05) is 18.3 Å². The molecule has 4 rings (SSSR count). The number of nitrogens with zero attached hydrogens (tertiary/aromatic N) is 3. The molecule has 0 saturated carbocycles. The number of aliphatic hydroxyl groups excluding tert-OH is 1. The van der Waals surface area contributed by atoms with Crippen molar-refractivity contribution in [2.24, 2.45) is 5.41 Å². The van der Waals surface area contributed by atoms with Crippen LogP contribution in [0.3, 0.4) is 0 Å². The summed E-state index contributed by atoms with van der Waals surface area (Å²) in [5.74, 6) is -0.113. The van der Waals surface area contributed by atoms with E-state index in [2.05, 4.69) is 31.8 Å². The molecule has 3 aromatic rings. The fraction of sp³-hybridized carbons (Fsp3) is 0.333. The summed E-state index contributed by atoms with van der Waals surface area (Å²) in [7, 11) is 0. The van der Waals surface area contributed by atoms with Gasteiger partial charge < -0.3 is 29.6 Å². The average Bonchev–Trinajstić information content (AvgIpc) is 3.32. The second kappa shape index (κ2) is 10.7. The Morgan fingerprint density at radius 2 is 2.06 bits per heavy atom. The van der Waals surface area contributed by atoms with Crippen molar-refractivity contribution in [3.63, 3.8) is 0 Å². The second-order valence-electron chi connectivity index (χ2n) is 8.17. The highest BCUT2D eigenvalue weighted by molar-refractivity contribution is 5.78. The maximum absolute atomic E-state index is 13.5. The van der Waals surface area contributed by atoms with E-state index in [-0.39, 0.29) is 32.2 Å². The molecule has 0 bridgehead atoms. The summed E-state index contributed by atoms with van der Waals surface area (Å²) < 4.78 is 30.4. The third-order valence-corrected chi connectivity index (χ3v) is 5.30. The zero-order chi connectivity index (χ0) is 24.8. The van der Waals surface area contributed by atoms with Crippen molar-refractivity contribution >= 4 is 11.9 Å². The van der Waals surface area contributed by atoms with Crippen LogP contribution >= 0.6 is 0 Å². The number of esters is 1. The first kappa shape index (κ1) is 24.5.